The largest absolute Gasteiger partial charge is 0.337 e. The van der Waals surface area contributed by atoms with Crippen LogP contribution >= 0.6 is 27.3 Å². The number of carbonyl (C=O) groups excluding carboxylic acids is 3. The van der Waals surface area contributed by atoms with E-state index in [0.717, 1.165) is 41.5 Å². The molecule has 3 amide bonds. The van der Waals surface area contributed by atoms with Crippen LogP contribution in [0.25, 0.3) is 0 Å². The zero-order valence-electron chi connectivity index (χ0n) is 15.6. The Morgan fingerprint density at radius 2 is 1.86 bits per heavy atom. The van der Waals surface area contributed by atoms with E-state index in [1.807, 2.05) is 11.4 Å². The highest BCUT2D eigenvalue weighted by Gasteiger charge is 2.40. The van der Waals surface area contributed by atoms with Crippen molar-refractivity contribution in [2.24, 2.45) is 0 Å². The van der Waals surface area contributed by atoms with Gasteiger partial charge < -0.3 is 4.90 Å². The molecule has 0 spiro atoms. The van der Waals surface area contributed by atoms with Gasteiger partial charge in [-0.1, -0.05) is 19.3 Å². The molecule has 5 nitrogen and oxygen atoms in total. The minimum Gasteiger partial charge on any atom is -0.337 e. The monoisotopic (exact) mass is 460 g/mol. The van der Waals surface area contributed by atoms with E-state index in [2.05, 4.69) is 15.9 Å². The van der Waals surface area contributed by atoms with Crippen molar-refractivity contribution >= 4 is 45.0 Å². The fourth-order valence-electron chi connectivity index (χ4n) is 4.03. The molecular weight excluding hydrogens is 440 g/mol. The highest BCUT2D eigenvalue weighted by molar-refractivity contribution is 9.10. The standard InChI is InChI=1S/C21H21BrN2O3S/c1-23(11-16-10-14(22)12-28-16)19(25)13-7-8-17-18(9-13)21(27)24(20(17)26)15-5-3-2-4-6-15/h7-10,12,15H,2-6,11H2,1H3. The molecule has 1 aliphatic carbocycles. The molecule has 7 heteroatoms. The first-order valence-corrected chi connectivity index (χ1v) is 11.1. The topological polar surface area (TPSA) is 57.7 Å². The van der Waals surface area contributed by atoms with Crippen LogP contribution in [0, 0.1) is 0 Å². The van der Waals surface area contributed by atoms with E-state index < -0.39 is 0 Å². The molecule has 1 aromatic heterocycles. The molecule has 0 radical (unpaired) electrons. The van der Waals surface area contributed by atoms with Crippen molar-refractivity contribution in [1.82, 2.24) is 9.80 Å². The van der Waals surface area contributed by atoms with Gasteiger partial charge in [-0.2, -0.15) is 0 Å². The highest BCUT2D eigenvalue weighted by atomic mass is 79.9. The van der Waals surface area contributed by atoms with Crippen LogP contribution in [0.5, 0.6) is 0 Å². The molecular formula is C21H21BrN2O3S. The van der Waals surface area contributed by atoms with Gasteiger partial charge in [0.05, 0.1) is 17.7 Å². The lowest BCUT2D eigenvalue weighted by atomic mass is 9.94. The molecule has 0 bridgehead atoms. The Morgan fingerprint density at radius 1 is 1.14 bits per heavy atom. The van der Waals surface area contributed by atoms with Gasteiger partial charge in [0.1, 0.15) is 0 Å². The third-order valence-electron chi connectivity index (χ3n) is 5.47. The number of thiophene rings is 1. The summed E-state index contributed by atoms with van der Waals surface area (Å²) in [6.45, 7) is 0.493. The van der Waals surface area contributed by atoms with E-state index in [0.29, 0.717) is 23.2 Å². The molecule has 4 rings (SSSR count). The molecule has 0 N–H and O–H groups in total. The Hall–Kier alpha value is -1.99. The number of benzene rings is 1. The Balaban J connectivity index is 1.54. The summed E-state index contributed by atoms with van der Waals surface area (Å²) in [6, 6.07) is 6.84. The fourth-order valence-corrected chi connectivity index (χ4v) is 5.53. The van der Waals surface area contributed by atoms with Crippen LogP contribution in [0.3, 0.4) is 0 Å². The van der Waals surface area contributed by atoms with Crippen LogP contribution in [-0.4, -0.2) is 40.6 Å². The molecule has 1 saturated carbocycles. The van der Waals surface area contributed by atoms with E-state index in [-0.39, 0.29) is 23.8 Å². The summed E-state index contributed by atoms with van der Waals surface area (Å²) in [5, 5.41) is 1.98. The molecule has 1 fully saturated rings. The first-order chi connectivity index (χ1) is 13.5. The Labute approximate surface area is 176 Å². The van der Waals surface area contributed by atoms with E-state index in [9.17, 15) is 14.4 Å². The number of rotatable bonds is 4. The molecule has 2 heterocycles. The van der Waals surface area contributed by atoms with Gasteiger partial charge in [-0.3, -0.25) is 19.3 Å². The van der Waals surface area contributed by atoms with Gasteiger partial charge in [0.15, 0.2) is 0 Å². The first kappa shape index (κ1) is 19.3. The quantitative estimate of drug-likeness (QED) is 0.620. The van der Waals surface area contributed by atoms with Crippen LogP contribution in [-0.2, 0) is 6.54 Å². The van der Waals surface area contributed by atoms with E-state index in [1.54, 1.807) is 41.5 Å². The van der Waals surface area contributed by atoms with Crippen molar-refractivity contribution in [3.8, 4) is 0 Å². The number of fused-ring (bicyclic) bond motifs is 1. The molecule has 28 heavy (non-hydrogen) atoms. The van der Waals surface area contributed by atoms with Crippen molar-refractivity contribution in [1.29, 1.82) is 0 Å². The van der Waals surface area contributed by atoms with Gasteiger partial charge in [0.25, 0.3) is 17.7 Å². The second-order valence-corrected chi connectivity index (χ2v) is 9.34. The van der Waals surface area contributed by atoms with Gasteiger partial charge in [-0.25, -0.2) is 0 Å². The van der Waals surface area contributed by atoms with Gasteiger partial charge in [0.2, 0.25) is 0 Å². The van der Waals surface area contributed by atoms with Crippen molar-refractivity contribution < 1.29 is 14.4 Å². The van der Waals surface area contributed by atoms with E-state index in [1.165, 1.54) is 4.90 Å². The summed E-state index contributed by atoms with van der Waals surface area (Å²) in [7, 11) is 1.74. The maximum atomic E-state index is 12.9. The van der Waals surface area contributed by atoms with Crippen LogP contribution in [0.15, 0.2) is 34.1 Å². The van der Waals surface area contributed by atoms with Crippen LogP contribution in [0.4, 0.5) is 0 Å². The SMILES string of the molecule is CN(Cc1cc(Br)cs1)C(=O)c1ccc2c(c1)C(=O)N(C1CCCCC1)C2=O. The van der Waals surface area contributed by atoms with Crippen LogP contribution < -0.4 is 0 Å². The normalized spacial score (nSPS) is 17.1. The zero-order valence-corrected chi connectivity index (χ0v) is 18.0. The fraction of sp³-hybridized carbons (Fsp3) is 0.381. The number of carbonyl (C=O) groups is 3. The third-order valence-corrected chi connectivity index (χ3v) is 7.15. The molecule has 1 aliphatic heterocycles. The Kier molecular flexibility index (Phi) is 5.38. The second kappa shape index (κ2) is 7.79. The van der Waals surface area contributed by atoms with Gasteiger partial charge in [0, 0.05) is 33.4 Å². The second-order valence-electron chi connectivity index (χ2n) is 7.42. The lowest BCUT2D eigenvalue weighted by Crippen LogP contribution is -2.40. The number of halogens is 1. The lowest BCUT2D eigenvalue weighted by Gasteiger charge is -2.29. The first-order valence-electron chi connectivity index (χ1n) is 9.46. The summed E-state index contributed by atoms with van der Waals surface area (Å²) in [6.07, 6.45) is 5.00. The molecule has 0 saturated heterocycles. The number of hydrogen-bond acceptors (Lipinski definition) is 4. The Morgan fingerprint density at radius 3 is 2.54 bits per heavy atom. The molecule has 1 aromatic carbocycles. The summed E-state index contributed by atoms with van der Waals surface area (Å²) in [4.78, 5) is 42.6. The van der Waals surface area contributed by atoms with Crippen molar-refractivity contribution in [3.05, 3.63) is 55.7 Å². The van der Waals surface area contributed by atoms with Crippen molar-refractivity contribution in [2.75, 3.05) is 7.05 Å². The Bertz CT molecular complexity index is 949. The minimum atomic E-state index is -0.258. The van der Waals surface area contributed by atoms with Gasteiger partial charge in [-0.05, 0) is 53.0 Å². The van der Waals surface area contributed by atoms with Crippen molar-refractivity contribution in [2.45, 2.75) is 44.7 Å². The average molecular weight is 461 g/mol. The lowest BCUT2D eigenvalue weighted by molar-refractivity contribution is 0.0548. The summed E-state index contributed by atoms with van der Waals surface area (Å²) >= 11 is 5.00. The summed E-state index contributed by atoms with van der Waals surface area (Å²) in [5.41, 5.74) is 1.20. The van der Waals surface area contributed by atoms with E-state index >= 15 is 0 Å². The van der Waals surface area contributed by atoms with Crippen LogP contribution in [0.1, 0.15) is 68.1 Å². The number of amides is 3. The molecule has 2 aromatic rings. The predicted molar refractivity (Wildman–Crippen MR) is 112 cm³/mol. The minimum absolute atomic E-state index is 0.0137. The molecule has 0 unspecified atom stereocenters. The predicted octanol–water partition coefficient (Wildman–Crippen LogP) is 4.71. The molecule has 0 atom stereocenters. The highest BCUT2D eigenvalue weighted by Crippen LogP contribution is 2.31. The zero-order chi connectivity index (χ0) is 19.8. The molecule has 146 valence electrons. The maximum absolute atomic E-state index is 12.9. The average Bonchev–Trinajstić information content (AvgIpc) is 3.22. The summed E-state index contributed by atoms with van der Waals surface area (Å²) < 4.78 is 0.998. The van der Waals surface area contributed by atoms with Crippen molar-refractivity contribution in [3.63, 3.8) is 0 Å². The van der Waals surface area contributed by atoms with Gasteiger partial charge in [-0.15, -0.1) is 11.3 Å². The maximum Gasteiger partial charge on any atom is 0.261 e. The number of nitrogens with zero attached hydrogens (tertiary/aromatic N) is 2. The number of hydrogen-bond donors (Lipinski definition) is 0. The van der Waals surface area contributed by atoms with E-state index in [4.69, 9.17) is 0 Å². The third kappa shape index (κ3) is 3.53. The smallest absolute Gasteiger partial charge is 0.261 e. The van der Waals surface area contributed by atoms with Gasteiger partial charge >= 0.3 is 0 Å². The number of imide groups is 1. The summed E-state index contributed by atoms with van der Waals surface area (Å²) in [5.74, 6) is -0.641. The van der Waals surface area contributed by atoms with Crippen LogP contribution in [0.2, 0.25) is 0 Å². The molecule has 2 aliphatic rings.